The molecule has 1 aromatic heterocycles. The fraction of sp³-hybridized carbons (Fsp3) is 0.150. The topological polar surface area (TPSA) is 85.6 Å². The van der Waals surface area contributed by atoms with Crippen LogP contribution in [0.2, 0.25) is 0 Å². The summed E-state index contributed by atoms with van der Waals surface area (Å²) in [4.78, 5) is 0. The third-order valence-corrected chi connectivity index (χ3v) is 4.55. The van der Waals surface area contributed by atoms with E-state index in [-0.39, 0.29) is 17.6 Å². The molecular weight excluding hydrogens is 331 g/mol. The third kappa shape index (κ3) is 2.74. The van der Waals surface area contributed by atoms with Crippen LogP contribution in [0.25, 0.3) is 0 Å². The van der Waals surface area contributed by atoms with Crippen molar-refractivity contribution in [1.82, 2.24) is 10.2 Å². The monoisotopic (exact) mass is 346 g/mol. The van der Waals surface area contributed by atoms with Crippen LogP contribution >= 0.6 is 0 Å². The van der Waals surface area contributed by atoms with Crippen molar-refractivity contribution in [2.24, 2.45) is 5.92 Å². The molecule has 0 bridgehead atoms. The highest BCUT2D eigenvalue weighted by molar-refractivity contribution is 5.84. The van der Waals surface area contributed by atoms with E-state index in [1.807, 2.05) is 30.3 Å². The van der Waals surface area contributed by atoms with Crippen LogP contribution in [0.1, 0.15) is 28.3 Å². The molecule has 2 unspecified atom stereocenters. The Bertz CT molecular complexity index is 1010. The number of H-pyrrole nitrogens is 1. The lowest BCUT2D eigenvalue weighted by Crippen LogP contribution is -2.31. The Morgan fingerprint density at radius 3 is 2.73 bits per heavy atom. The molecule has 6 heteroatoms. The SMILES string of the molecule is N#CC1C(=N)Oc2n[nH]c(Cc3ccccc3)c2C1c1cccc(F)c1. The third-order valence-electron chi connectivity index (χ3n) is 4.55. The van der Waals surface area contributed by atoms with Crippen molar-refractivity contribution in [3.63, 3.8) is 0 Å². The number of hydrogen-bond acceptors (Lipinski definition) is 4. The smallest absolute Gasteiger partial charge is 0.243 e. The number of nitrogens with one attached hydrogen (secondary N) is 2. The maximum atomic E-state index is 13.8. The first-order valence-corrected chi connectivity index (χ1v) is 8.20. The van der Waals surface area contributed by atoms with E-state index in [1.54, 1.807) is 12.1 Å². The second kappa shape index (κ2) is 6.45. The van der Waals surface area contributed by atoms with Crippen molar-refractivity contribution in [3.05, 3.63) is 82.8 Å². The highest BCUT2D eigenvalue weighted by Crippen LogP contribution is 2.43. The van der Waals surface area contributed by atoms with Crippen LogP contribution < -0.4 is 4.74 Å². The Morgan fingerprint density at radius 1 is 1.19 bits per heavy atom. The first-order valence-electron chi connectivity index (χ1n) is 8.20. The van der Waals surface area contributed by atoms with Crippen molar-refractivity contribution >= 4 is 5.90 Å². The van der Waals surface area contributed by atoms with Crippen molar-refractivity contribution in [2.45, 2.75) is 12.3 Å². The molecule has 26 heavy (non-hydrogen) atoms. The van der Waals surface area contributed by atoms with Crippen LogP contribution in [-0.2, 0) is 6.42 Å². The lowest BCUT2D eigenvalue weighted by molar-refractivity contribution is 0.436. The van der Waals surface area contributed by atoms with Gasteiger partial charge in [-0.1, -0.05) is 42.5 Å². The molecule has 2 atom stereocenters. The predicted octanol–water partition coefficient (Wildman–Crippen LogP) is 3.78. The van der Waals surface area contributed by atoms with Crippen LogP contribution in [0.4, 0.5) is 4.39 Å². The number of benzene rings is 2. The number of ether oxygens (including phenoxy) is 1. The van der Waals surface area contributed by atoms with E-state index in [9.17, 15) is 9.65 Å². The predicted molar refractivity (Wildman–Crippen MR) is 93.5 cm³/mol. The van der Waals surface area contributed by atoms with Gasteiger partial charge in [-0.25, -0.2) is 4.39 Å². The molecule has 0 aliphatic carbocycles. The zero-order chi connectivity index (χ0) is 18.1. The highest BCUT2D eigenvalue weighted by Gasteiger charge is 2.40. The number of hydrogen-bond donors (Lipinski definition) is 2. The van der Waals surface area contributed by atoms with E-state index >= 15 is 0 Å². The summed E-state index contributed by atoms with van der Waals surface area (Å²) in [5.74, 6) is -1.62. The quantitative estimate of drug-likeness (QED) is 0.757. The molecule has 0 saturated heterocycles. The maximum absolute atomic E-state index is 13.8. The summed E-state index contributed by atoms with van der Waals surface area (Å²) in [6.07, 6.45) is 0.573. The number of nitriles is 1. The number of halogens is 1. The molecule has 0 saturated carbocycles. The molecule has 0 radical (unpaired) electrons. The van der Waals surface area contributed by atoms with Crippen molar-refractivity contribution < 1.29 is 9.13 Å². The van der Waals surface area contributed by atoms with Crippen molar-refractivity contribution in [1.29, 1.82) is 10.7 Å². The molecule has 2 aromatic carbocycles. The largest absolute Gasteiger partial charge is 0.422 e. The second-order valence-electron chi connectivity index (χ2n) is 6.19. The zero-order valence-electron chi connectivity index (χ0n) is 13.7. The molecule has 0 amide bonds. The minimum absolute atomic E-state index is 0.174. The number of rotatable bonds is 3. The molecule has 5 nitrogen and oxygen atoms in total. The minimum Gasteiger partial charge on any atom is -0.422 e. The number of aromatic nitrogens is 2. The fourth-order valence-electron chi connectivity index (χ4n) is 3.38. The number of aromatic amines is 1. The van der Waals surface area contributed by atoms with Crippen LogP contribution in [0, 0.1) is 28.5 Å². The summed E-state index contributed by atoms with van der Waals surface area (Å²) in [5.41, 5.74) is 3.21. The van der Waals surface area contributed by atoms with Gasteiger partial charge in [0, 0.05) is 23.6 Å². The van der Waals surface area contributed by atoms with Gasteiger partial charge < -0.3 is 4.74 Å². The summed E-state index contributed by atoms with van der Waals surface area (Å²) >= 11 is 0. The lowest BCUT2D eigenvalue weighted by atomic mass is 9.79. The zero-order valence-corrected chi connectivity index (χ0v) is 13.7. The van der Waals surface area contributed by atoms with E-state index in [0.717, 1.165) is 11.3 Å². The molecule has 1 aliphatic heterocycles. The molecule has 2 N–H and O–H groups in total. The first-order chi connectivity index (χ1) is 12.7. The van der Waals surface area contributed by atoms with E-state index < -0.39 is 11.8 Å². The first kappa shape index (κ1) is 16.0. The molecule has 4 rings (SSSR count). The van der Waals surface area contributed by atoms with E-state index in [4.69, 9.17) is 10.1 Å². The van der Waals surface area contributed by atoms with Gasteiger partial charge >= 0.3 is 0 Å². The van der Waals surface area contributed by atoms with Gasteiger partial charge in [0.05, 0.1) is 6.07 Å². The molecule has 128 valence electrons. The molecular formula is C20H15FN4O. The summed E-state index contributed by atoms with van der Waals surface area (Å²) < 4.78 is 19.3. The van der Waals surface area contributed by atoms with E-state index in [2.05, 4.69) is 16.3 Å². The molecule has 1 aliphatic rings. The molecule has 0 fully saturated rings. The molecule has 3 aromatic rings. The Balaban J connectivity index is 1.84. The van der Waals surface area contributed by atoms with Crippen LogP contribution in [0.5, 0.6) is 5.88 Å². The Morgan fingerprint density at radius 2 is 2.00 bits per heavy atom. The number of nitrogens with zero attached hydrogens (tertiary/aromatic N) is 2. The van der Waals surface area contributed by atoms with E-state index in [1.165, 1.54) is 12.1 Å². The highest BCUT2D eigenvalue weighted by atomic mass is 19.1. The van der Waals surface area contributed by atoms with Crippen LogP contribution in [0.3, 0.4) is 0 Å². The van der Waals surface area contributed by atoms with Crippen LogP contribution in [-0.4, -0.2) is 16.1 Å². The molecule has 2 heterocycles. The van der Waals surface area contributed by atoms with Gasteiger partial charge in [-0.2, -0.15) is 5.26 Å². The van der Waals surface area contributed by atoms with Gasteiger partial charge in [0.1, 0.15) is 11.7 Å². The van der Waals surface area contributed by atoms with Crippen LogP contribution in [0.15, 0.2) is 54.6 Å². The summed E-state index contributed by atoms with van der Waals surface area (Å²) in [5, 5.41) is 24.8. The van der Waals surface area contributed by atoms with Gasteiger partial charge in [0.15, 0.2) is 0 Å². The van der Waals surface area contributed by atoms with Gasteiger partial charge in [0.25, 0.3) is 0 Å². The van der Waals surface area contributed by atoms with Gasteiger partial charge in [0.2, 0.25) is 11.8 Å². The average Bonchev–Trinajstić information content (AvgIpc) is 3.03. The Labute approximate surface area is 149 Å². The standard InChI is InChI=1S/C20H15FN4O/c21-14-8-4-7-13(10-14)17-15(11-22)19(23)26-20-18(17)16(24-25-20)9-12-5-2-1-3-6-12/h1-8,10,15,17,23H,9H2,(H,24,25). The molecule has 0 spiro atoms. The summed E-state index contributed by atoms with van der Waals surface area (Å²) in [6.45, 7) is 0. The summed E-state index contributed by atoms with van der Waals surface area (Å²) in [6, 6.07) is 18.1. The van der Waals surface area contributed by atoms with Gasteiger partial charge in [-0.3, -0.25) is 10.5 Å². The lowest BCUT2D eigenvalue weighted by Gasteiger charge is -2.28. The Hall–Kier alpha value is -3.46. The minimum atomic E-state index is -0.837. The second-order valence-corrected chi connectivity index (χ2v) is 6.19. The summed E-state index contributed by atoms with van der Waals surface area (Å²) in [7, 11) is 0. The van der Waals surface area contributed by atoms with Gasteiger partial charge in [-0.05, 0) is 23.3 Å². The Kier molecular flexibility index (Phi) is 3.98. The fourth-order valence-corrected chi connectivity index (χ4v) is 3.38. The van der Waals surface area contributed by atoms with Gasteiger partial charge in [-0.15, -0.1) is 5.10 Å². The van der Waals surface area contributed by atoms with Crippen molar-refractivity contribution in [3.8, 4) is 11.9 Å². The average molecular weight is 346 g/mol. The maximum Gasteiger partial charge on any atom is 0.243 e. The van der Waals surface area contributed by atoms with Crippen molar-refractivity contribution in [2.75, 3.05) is 0 Å². The number of fused-ring (bicyclic) bond motifs is 1. The van der Waals surface area contributed by atoms with E-state index in [0.29, 0.717) is 17.5 Å². The normalized spacial score (nSPS) is 18.7.